The summed E-state index contributed by atoms with van der Waals surface area (Å²) in [5, 5.41) is 11.3. The van der Waals surface area contributed by atoms with E-state index >= 15 is 0 Å². The van der Waals surface area contributed by atoms with Crippen molar-refractivity contribution in [3.8, 4) is 17.2 Å². The number of rotatable bonds is 27. The van der Waals surface area contributed by atoms with Gasteiger partial charge in [-0.3, -0.25) is 9.79 Å². The van der Waals surface area contributed by atoms with Crippen LogP contribution in [0.5, 0.6) is 17.2 Å². The maximum atomic E-state index is 12.9. The van der Waals surface area contributed by atoms with E-state index in [-0.39, 0.29) is 17.9 Å². The van der Waals surface area contributed by atoms with E-state index in [4.69, 9.17) is 29.1 Å². The molecule has 0 saturated heterocycles. The van der Waals surface area contributed by atoms with Gasteiger partial charge in [0, 0.05) is 42.3 Å². The molecule has 6 rings (SSSR count). The van der Waals surface area contributed by atoms with Crippen molar-refractivity contribution in [2.45, 2.75) is 147 Å². The van der Waals surface area contributed by atoms with E-state index in [1.54, 1.807) is 31.0 Å². The Labute approximate surface area is 413 Å². The fourth-order valence-electron chi connectivity index (χ4n) is 8.97. The molecule has 0 aliphatic heterocycles. The van der Waals surface area contributed by atoms with Gasteiger partial charge in [0.2, 0.25) is 0 Å². The van der Waals surface area contributed by atoms with Crippen molar-refractivity contribution in [1.82, 2.24) is 5.32 Å². The largest absolute Gasteiger partial charge is 0.494 e. The first-order valence-corrected chi connectivity index (χ1v) is 26.7. The number of esters is 2. The van der Waals surface area contributed by atoms with Crippen molar-refractivity contribution in [2.24, 2.45) is 28.7 Å². The topological polar surface area (TPSA) is 129 Å². The number of benzene rings is 3. The number of ether oxygens (including phenoxy) is 5. The van der Waals surface area contributed by atoms with E-state index < -0.39 is 0 Å². The van der Waals surface area contributed by atoms with Crippen LogP contribution < -0.4 is 19.5 Å². The standard InChI is InChI=1S/C39H53NO6.C11H16N2S.C7H14O/c1-3-9-29-10-14-31(15-11-29)33-18-23-37(34(26-33)27-40)45-28-30-12-16-32(17-13-30)39(42)46-36-21-19-35(20-22-36)43-24-7-5-6-8-25-44-38(41)4-2;1-3-8-13-9-14-11-7-5-4-6-10(11)12-2;1-8-6-5-7-3-2-4-7/h4,18-23,26-27,29-32,40H,2-3,5-17,24-25,28H2,1H3;4-7,13H,2-3,8-9H2,1H3;7H,2-6H2,1H3. The van der Waals surface area contributed by atoms with Gasteiger partial charge in [0.1, 0.15) is 17.2 Å². The van der Waals surface area contributed by atoms with Gasteiger partial charge in [0.05, 0.1) is 31.4 Å². The maximum Gasteiger partial charge on any atom is 0.330 e. The number of unbranched alkanes of at least 4 members (excludes halogenated alkanes) is 3. The zero-order valence-electron chi connectivity index (χ0n) is 41.7. The summed E-state index contributed by atoms with van der Waals surface area (Å²) < 4.78 is 27.7. The second-order valence-electron chi connectivity index (χ2n) is 18.5. The molecule has 3 aliphatic carbocycles. The van der Waals surface area contributed by atoms with Gasteiger partial charge in [-0.05, 0) is 181 Å². The molecule has 3 saturated carbocycles. The molecule has 0 atom stereocenters. The fourth-order valence-corrected chi connectivity index (χ4v) is 9.82. The first-order valence-electron chi connectivity index (χ1n) is 25.7. The maximum absolute atomic E-state index is 12.9. The average Bonchev–Trinajstić information content (AvgIpc) is 3.36. The Morgan fingerprint density at radius 2 is 1.47 bits per heavy atom. The molecule has 0 aromatic heterocycles. The van der Waals surface area contributed by atoms with Gasteiger partial charge in [-0.25, -0.2) is 4.79 Å². The summed E-state index contributed by atoms with van der Waals surface area (Å²) in [5.41, 5.74) is 3.18. The van der Waals surface area contributed by atoms with Gasteiger partial charge in [-0.1, -0.05) is 70.7 Å². The smallest absolute Gasteiger partial charge is 0.330 e. The normalized spacial score (nSPS) is 18.8. The van der Waals surface area contributed by atoms with Crippen LogP contribution in [0, 0.1) is 29.1 Å². The van der Waals surface area contributed by atoms with Crippen molar-refractivity contribution in [2.75, 3.05) is 46.0 Å². The van der Waals surface area contributed by atoms with Crippen molar-refractivity contribution in [1.29, 1.82) is 5.41 Å². The van der Waals surface area contributed by atoms with Crippen LogP contribution >= 0.6 is 11.8 Å². The number of thioether (sulfide) groups is 1. The van der Waals surface area contributed by atoms with E-state index in [1.807, 2.05) is 30.3 Å². The zero-order valence-corrected chi connectivity index (χ0v) is 42.5. The van der Waals surface area contributed by atoms with Crippen LogP contribution in [-0.4, -0.2) is 70.8 Å². The molecule has 10 nitrogen and oxygen atoms in total. The highest BCUT2D eigenvalue weighted by Crippen LogP contribution is 2.39. The summed E-state index contributed by atoms with van der Waals surface area (Å²) in [6.07, 6.45) is 24.3. The number of hydrogen-bond acceptors (Lipinski definition) is 11. The highest BCUT2D eigenvalue weighted by molar-refractivity contribution is 7.99. The van der Waals surface area contributed by atoms with Crippen LogP contribution in [0.2, 0.25) is 0 Å². The van der Waals surface area contributed by atoms with Crippen LogP contribution in [0.1, 0.15) is 153 Å². The van der Waals surface area contributed by atoms with Crippen molar-refractivity contribution >= 4 is 42.3 Å². The third-order valence-electron chi connectivity index (χ3n) is 13.4. The van der Waals surface area contributed by atoms with Crippen LogP contribution in [0.25, 0.3) is 0 Å². The minimum atomic E-state index is -0.378. The first-order chi connectivity index (χ1) is 33.3. The lowest BCUT2D eigenvalue weighted by Gasteiger charge is -2.29. The minimum absolute atomic E-state index is 0.101. The Morgan fingerprint density at radius 3 is 2.12 bits per heavy atom. The summed E-state index contributed by atoms with van der Waals surface area (Å²) in [5.74, 6) is 5.23. The molecule has 0 unspecified atom stereocenters. The molecule has 0 heterocycles. The fraction of sp³-hybridized carbons (Fsp3) is 0.579. The van der Waals surface area contributed by atoms with Gasteiger partial charge >= 0.3 is 11.9 Å². The van der Waals surface area contributed by atoms with Gasteiger partial charge in [-0.15, -0.1) is 11.8 Å². The molecule has 0 bridgehead atoms. The number of aliphatic imine (C=N–C) groups is 1. The van der Waals surface area contributed by atoms with E-state index in [9.17, 15) is 9.59 Å². The number of methoxy groups -OCH3 is 1. The van der Waals surface area contributed by atoms with Gasteiger partial charge in [0.25, 0.3) is 0 Å². The Morgan fingerprint density at radius 1 is 0.779 bits per heavy atom. The van der Waals surface area contributed by atoms with Crippen LogP contribution in [0.15, 0.2) is 89.3 Å². The van der Waals surface area contributed by atoms with Gasteiger partial charge < -0.3 is 34.4 Å². The molecule has 3 aromatic carbocycles. The lowest BCUT2D eigenvalue weighted by Crippen LogP contribution is -2.27. The van der Waals surface area contributed by atoms with Crippen molar-refractivity contribution < 1.29 is 33.3 Å². The van der Waals surface area contributed by atoms with E-state index in [1.165, 1.54) is 93.4 Å². The van der Waals surface area contributed by atoms with Crippen LogP contribution in [0.4, 0.5) is 5.69 Å². The molecule has 3 aromatic rings. The molecule has 3 fully saturated rings. The number of carbonyl (C=O) groups is 2. The summed E-state index contributed by atoms with van der Waals surface area (Å²) in [4.78, 5) is 29.0. The Kier molecular flexibility index (Phi) is 28.0. The first kappa shape index (κ1) is 56.1. The lowest BCUT2D eigenvalue weighted by molar-refractivity contribution is -0.140. The highest BCUT2D eigenvalue weighted by Gasteiger charge is 2.29. The van der Waals surface area contributed by atoms with E-state index in [2.05, 4.69) is 61.7 Å². The molecule has 2 N–H and O–H groups in total. The minimum Gasteiger partial charge on any atom is -0.494 e. The number of carbonyl (C=O) groups excluding carboxylic acids is 2. The summed E-state index contributed by atoms with van der Waals surface area (Å²) in [6, 6.07) is 21.7. The van der Waals surface area contributed by atoms with Crippen LogP contribution in [0.3, 0.4) is 0 Å². The molecule has 0 spiro atoms. The van der Waals surface area contributed by atoms with E-state index in [0.717, 1.165) is 105 Å². The Balaban J connectivity index is 0.000000372. The Hall–Kier alpha value is -4.45. The third kappa shape index (κ3) is 21.5. The summed E-state index contributed by atoms with van der Waals surface area (Å²) >= 11 is 1.77. The molecule has 0 amide bonds. The molecule has 374 valence electrons. The molecule has 3 aliphatic rings. The molecular formula is C57H83N3O7S. The Bertz CT molecular complexity index is 1890. The zero-order chi connectivity index (χ0) is 48.6. The second-order valence-corrected chi connectivity index (χ2v) is 19.5. The average molecular weight is 954 g/mol. The number of para-hydroxylation sites is 1. The quantitative estimate of drug-likeness (QED) is 0.0146. The number of nitrogens with one attached hydrogen (secondary N) is 2. The third-order valence-corrected chi connectivity index (χ3v) is 14.4. The molecule has 11 heteroatoms. The predicted octanol–water partition coefficient (Wildman–Crippen LogP) is 14.1. The van der Waals surface area contributed by atoms with Crippen molar-refractivity contribution in [3.05, 3.63) is 90.5 Å². The van der Waals surface area contributed by atoms with Gasteiger partial charge in [0.15, 0.2) is 0 Å². The summed E-state index contributed by atoms with van der Waals surface area (Å²) in [7, 11) is 1.78. The van der Waals surface area contributed by atoms with Crippen molar-refractivity contribution in [3.63, 3.8) is 0 Å². The highest BCUT2D eigenvalue weighted by atomic mass is 32.2. The number of nitrogens with zero attached hydrogens (tertiary/aromatic N) is 1. The predicted molar refractivity (Wildman–Crippen MR) is 281 cm³/mol. The summed E-state index contributed by atoms with van der Waals surface area (Å²) in [6.45, 7) is 15.0. The monoisotopic (exact) mass is 954 g/mol. The molecule has 0 radical (unpaired) electrons. The van der Waals surface area contributed by atoms with E-state index in [0.29, 0.717) is 37.4 Å². The molecular weight excluding hydrogens is 871 g/mol. The van der Waals surface area contributed by atoms with Gasteiger partial charge in [-0.2, -0.15) is 0 Å². The van der Waals surface area contributed by atoms with Crippen LogP contribution in [-0.2, 0) is 19.1 Å². The number of hydrogen-bond donors (Lipinski definition) is 2. The second kappa shape index (κ2) is 33.9. The lowest BCUT2D eigenvalue weighted by atomic mass is 9.77. The molecule has 68 heavy (non-hydrogen) atoms. The SMILES string of the molecule is C=CC(=O)OCCCCCCOc1ccc(OC(=O)C2CCC(COc3ccc(C4CCC(CCC)CC4)cc3C=N)CC2)cc1.C=Nc1ccccc1SCNCCC.COCCC1CCC1.